The van der Waals surface area contributed by atoms with E-state index < -0.39 is 0 Å². The molecule has 3 rings (SSSR count). The number of aromatic amines is 1. The first-order valence-corrected chi connectivity index (χ1v) is 8.61. The fraction of sp³-hybridized carbons (Fsp3) is 0.474. The molecule has 25 heavy (non-hydrogen) atoms. The fourth-order valence-corrected chi connectivity index (χ4v) is 3.13. The number of hydrogen-bond donors (Lipinski definition) is 1. The molecule has 1 aromatic carbocycles. The highest BCUT2D eigenvalue weighted by molar-refractivity contribution is 5.82. The van der Waals surface area contributed by atoms with Crippen molar-refractivity contribution in [3.05, 3.63) is 40.2 Å². The smallest absolute Gasteiger partial charge is 0.253 e. The predicted octanol–water partition coefficient (Wildman–Crippen LogP) is 2.45. The maximum absolute atomic E-state index is 12.7. The molecule has 0 spiro atoms. The van der Waals surface area contributed by atoms with Gasteiger partial charge in [-0.15, -0.1) is 0 Å². The lowest BCUT2D eigenvalue weighted by Gasteiger charge is -2.29. The molecule has 0 radical (unpaired) electrons. The quantitative estimate of drug-likeness (QED) is 0.904. The summed E-state index contributed by atoms with van der Waals surface area (Å²) in [7, 11) is 1.61. The third kappa shape index (κ3) is 3.69. The molecule has 0 saturated carbocycles. The van der Waals surface area contributed by atoms with E-state index in [1.807, 2.05) is 32.0 Å². The third-order valence-corrected chi connectivity index (χ3v) is 4.58. The van der Waals surface area contributed by atoms with Crippen molar-refractivity contribution in [1.29, 1.82) is 0 Å². The summed E-state index contributed by atoms with van der Waals surface area (Å²) in [6.07, 6.45) is 1.26. The van der Waals surface area contributed by atoms with Gasteiger partial charge in [0.05, 0.1) is 13.7 Å². The first kappa shape index (κ1) is 17.5. The van der Waals surface area contributed by atoms with Crippen LogP contribution < -0.4 is 10.3 Å². The second-order valence-corrected chi connectivity index (χ2v) is 6.64. The minimum atomic E-state index is -0.387. The molecule has 1 saturated heterocycles. The normalized spacial score (nSPS) is 17.2. The van der Waals surface area contributed by atoms with Crippen LogP contribution in [0.2, 0.25) is 0 Å². The predicted molar refractivity (Wildman–Crippen MR) is 95.8 cm³/mol. The molecule has 2 heterocycles. The summed E-state index contributed by atoms with van der Waals surface area (Å²) < 4.78 is 10.8. The van der Waals surface area contributed by atoms with Gasteiger partial charge < -0.3 is 19.4 Å². The van der Waals surface area contributed by atoms with Crippen molar-refractivity contribution in [3.8, 4) is 5.75 Å². The first-order valence-electron chi connectivity index (χ1n) is 8.61. The number of H-pyrrole nitrogens is 1. The lowest BCUT2D eigenvalue weighted by molar-refractivity contribution is -0.143. The number of aromatic nitrogens is 1. The molecule has 6 nitrogen and oxygen atoms in total. The number of amides is 1. The third-order valence-electron chi connectivity index (χ3n) is 4.58. The second kappa shape index (κ2) is 7.27. The number of methoxy groups -OCH3 is 1. The molecule has 1 atom stereocenters. The molecule has 134 valence electrons. The number of carbonyl (C=O) groups excluding carboxylic acids is 1. The summed E-state index contributed by atoms with van der Waals surface area (Å²) in [5.41, 5.74) is 1.13. The number of hydrogen-bond acceptors (Lipinski definition) is 4. The van der Waals surface area contributed by atoms with Crippen molar-refractivity contribution in [3.63, 3.8) is 0 Å². The van der Waals surface area contributed by atoms with Gasteiger partial charge in [0.25, 0.3) is 11.5 Å². The van der Waals surface area contributed by atoms with Crippen LogP contribution in [-0.4, -0.2) is 41.7 Å². The van der Waals surface area contributed by atoms with E-state index in [1.54, 1.807) is 18.1 Å². The molecule has 2 aromatic rings. The van der Waals surface area contributed by atoms with Gasteiger partial charge in [-0.3, -0.25) is 9.59 Å². The number of benzene rings is 1. The van der Waals surface area contributed by atoms with Gasteiger partial charge in [0.15, 0.2) is 0 Å². The van der Waals surface area contributed by atoms with E-state index in [2.05, 4.69) is 4.98 Å². The van der Waals surface area contributed by atoms with Gasteiger partial charge in [0, 0.05) is 29.1 Å². The monoisotopic (exact) mass is 344 g/mol. The molecule has 6 heteroatoms. The topological polar surface area (TPSA) is 71.6 Å². The van der Waals surface area contributed by atoms with Crippen LogP contribution in [0.15, 0.2) is 29.1 Å². The summed E-state index contributed by atoms with van der Waals surface area (Å²) in [4.78, 5) is 29.8. The summed E-state index contributed by atoms with van der Waals surface area (Å²) in [6.45, 7) is 4.79. The summed E-state index contributed by atoms with van der Waals surface area (Å²) in [6, 6.07) is 7.30. The zero-order chi connectivity index (χ0) is 18.0. The molecular weight excluding hydrogens is 320 g/mol. The van der Waals surface area contributed by atoms with Gasteiger partial charge in [-0.2, -0.15) is 0 Å². The molecule has 0 unspecified atom stereocenters. The Morgan fingerprint density at radius 2 is 2.20 bits per heavy atom. The van der Waals surface area contributed by atoms with Crippen molar-refractivity contribution >= 4 is 16.8 Å². The summed E-state index contributed by atoms with van der Waals surface area (Å²) >= 11 is 0. The van der Waals surface area contributed by atoms with Crippen LogP contribution in [0.5, 0.6) is 5.75 Å². The van der Waals surface area contributed by atoms with E-state index in [9.17, 15) is 9.59 Å². The van der Waals surface area contributed by atoms with Gasteiger partial charge in [0.2, 0.25) is 0 Å². The largest absolute Gasteiger partial charge is 0.497 e. The van der Waals surface area contributed by atoms with E-state index in [0.717, 1.165) is 29.5 Å². The Morgan fingerprint density at radius 3 is 2.84 bits per heavy atom. The zero-order valence-electron chi connectivity index (χ0n) is 14.9. The molecule has 1 aliphatic heterocycles. The number of carbonyl (C=O) groups is 1. The molecular formula is C19H24N2O4. The highest BCUT2D eigenvalue weighted by atomic mass is 16.5. The van der Waals surface area contributed by atoms with E-state index in [4.69, 9.17) is 9.47 Å². The van der Waals surface area contributed by atoms with Crippen LogP contribution >= 0.6 is 0 Å². The van der Waals surface area contributed by atoms with Gasteiger partial charge >= 0.3 is 0 Å². The maximum Gasteiger partial charge on any atom is 0.253 e. The van der Waals surface area contributed by atoms with Crippen LogP contribution in [0, 0.1) is 0 Å². The maximum atomic E-state index is 12.7. The lowest BCUT2D eigenvalue weighted by atomic mass is 10.1. The van der Waals surface area contributed by atoms with Crippen molar-refractivity contribution in [2.75, 3.05) is 13.7 Å². The molecule has 1 amide bonds. The number of rotatable bonds is 5. The molecule has 1 aromatic heterocycles. The fourth-order valence-electron chi connectivity index (χ4n) is 3.13. The molecule has 1 N–H and O–H groups in total. The summed E-state index contributed by atoms with van der Waals surface area (Å²) in [5.74, 6) is 0.680. The van der Waals surface area contributed by atoms with Crippen LogP contribution in [0.1, 0.15) is 32.3 Å². The van der Waals surface area contributed by atoms with E-state index >= 15 is 0 Å². The van der Waals surface area contributed by atoms with Gasteiger partial charge in [-0.05, 0) is 51.0 Å². The van der Waals surface area contributed by atoms with Crippen LogP contribution in [0.4, 0.5) is 0 Å². The Labute approximate surface area is 146 Å². The highest BCUT2D eigenvalue weighted by Gasteiger charge is 2.30. The van der Waals surface area contributed by atoms with Gasteiger partial charge in [0.1, 0.15) is 11.9 Å². The Balaban J connectivity index is 1.92. The molecule has 1 fully saturated rings. The van der Waals surface area contributed by atoms with Crippen molar-refractivity contribution < 1.29 is 14.3 Å². The van der Waals surface area contributed by atoms with E-state index in [1.165, 1.54) is 0 Å². The zero-order valence-corrected chi connectivity index (χ0v) is 14.9. The van der Waals surface area contributed by atoms with Crippen molar-refractivity contribution in [2.24, 2.45) is 0 Å². The number of ether oxygens (including phenoxy) is 2. The number of pyridine rings is 1. The standard InChI is InChI=1S/C19H24N2O4/c1-12(2)21(19(23)17-5-4-8-25-17)11-14-9-13-10-15(24-3)6-7-16(13)20-18(14)22/h6-7,9-10,12,17H,4-5,8,11H2,1-3H3,(H,20,22)/t17-/m1/s1. The number of nitrogens with one attached hydrogen (secondary N) is 1. The van der Waals surface area contributed by atoms with E-state index in [-0.39, 0.29) is 30.2 Å². The second-order valence-electron chi connectivity index (χ2n) is 6.64. The molecule has 0 bridgehead atoms. The van der Waals surface area contributed by atoms with Crippen LogP contribution in [0.25, 0.3) is 10.9 Å². The Hall–Kier alpha value is -2.34. The molecule has 0 aliphatic carbocycles. The Kier molecular flexibility index (Phi) is 5.08. The number of nitrogens with zero attached hydrogens (tertiary/aromatic N) is 1. The summed E-state index contributed by atoms with van der Waals surface area (Å²) in [5, 5.41) is 0.877. The van der Waals surface area contributed by atoms with Gasteiger partial charge in [-0.25, -0.2) is 0 Å². The Morgan fingerprint density at radius 1 is 1.40 bits per heavy atom. The SMILES string of the molecule is COc1ccc2[nH]c(=O)c(CN(C(=O)[C@H]3CCCO3)C(C)C)cc2c1. The van der Waals surface area contributed by atoms with E-state index in [0.29, 0.717) is 12.2 Å². The molecule has 1 aliphatic rings. The van der Waals surface area contributed by atoms with Crippen LogP contribution in [-0.2, 0) is 16.1 Å². The van der Waals surface area contributed by atoms with Crippen molar-refractivity contribution in [1.82, 2.24) is 9.88 Å². The minimum absolute atomic E-state index is 0.0166. The van der Waals surface area contributed by atoms with Crippen LogP contribution in [0.3, 0.4) is 0 Å². The Bertz CT molecular complexity index is 822. The minimum Gasteiger partial charge on any atom is -0.497 e. The average molecular weight is 344 g/mol. The average Bonchev–Trinajstić information content (AvgIpc) is 3.13. The lowest BCUT2D eigenvalue weighted by Crippen LogP contribution is -2.43. The van der Waals surface area contributed by atoms with Gasteiger partial charge in [-0.1, -0.05) is 0 Å². The van der Waals surface area contributed by atoms with Crippen molar-refractivity contribution in [2.45, 2.75) is 45.4 Å². The highest BCUT2D eigenvalue weighted by Crippen LogP contribution is 2.21. The number of fused-ring (bicyclic) bond motifs is 1. The first-order chi connectivity index (χ1) is 12.0.